The van der Waals surface area contributed by atoms with Gasteiger partial charge in [0.1, 0.15) is 11.3 Å². The van der Waals surface area contributed by atoms with Crippen molar-refractivity contribution in [3.63, 3.8) is 0 Å². The molecule has 0 unspecified atom stereocenters. The summed E-state index contributed by atoms with van der Waals surface area (Å²) in [5, 5.41) is 2.15. The number of hydrogen-bond acceptors (Lipinski definition) is 6. The summed E-state index contributed by atoms with van der Waals surface area (Å²) in [6.07, 6.45) is 1.41. The largest absolute Gasteiger partial charge is 0.497 e. The molecule has 0 bridgehead atoms. The molecule has 2 aromatic carbocycles. The summed E-state index contributed by atoms with van der Waals surface area (Å²) < 4.78 is 11.5. The van der Waals surface area contributed by atoms with Gasteiger partial charge in [-0.05, 0) is 58.4 Å². The van der Waals surface area contributed by atoms with Gasteiger partial charge in [-0.3, -0.25) is 19.7 Å². The SMILES string of the molecule is CCC(=O)Oc1c(Br)cc(Br)cc1/C=C1/C(=O)NC(=O)N(c2ccc(OC)cc2)C1=O. The van der Waals surface area contributed by atoms with Gasteiger partial charge in [0, 0.05) is 16.5 Å². The van der Waals surface area contributed by atoms with E-state index in [1.807, 2.05) is 0 Å². The lowest BCUT2D eigenvalue weighted by molar-refractivity contribution is -0.134. The van der Waals surface area contributed by atoms with Gasteiger partial charge in [0.05, 0.1) is 17.3 Å². The zero-order valence-electron chi connectivity index (χ0n) is 16.4. The van der Waals surface area contributed by atoms with E-state index in [9.17, 15) is 19.2 Å². The normalized spacial score (nSPS) is 15.2. The van der Waals surface area contributed by atoms with Crippen LogP contribution in [0, 0.1) is 0 Å². The van der Waals surface area contributed by atoms with E-state index in [1.165, 1.54) is 25.3 Å². The highest BCUT2D eigenvalue weighted by atomic mass is 79.9. The van der Waals surface area contributed by atoms with Crippen LogP contribution in [-0.4, -0.2) is 30.9 Å². The van der Waals surface area contributed by atoms with Crippen LogP contribution in [0.5, 0.6) is 11.5 Å². The van der Waals surface area contributed by atoms with E-state index < -0.39 is 23.8 Å². The molecule has 160 valence electrons. The van der Waals surface area contributed by atoms with Crippen molar-refractivity contribution in [3.05, 3.63) is 56.5 Å². The van der Waals surface area contributed by atoms with Gasteiger partial charge in [-0.1, -0.05) is 22.9 Å². The Balaban J connectivity index is 2.07. The number of imide groups is 2. The molecule has 0 atom stereocenters. The van der Waals surface area contributed by atoms with E-state index in [2.05, 4.69) is 37.2 Å². The first-order chi connectivity index (χ1) is 14.7. The number of halogens is 2. The third kappa shape index (κ3) is 4.86. The number of amides is 4. The highest BCUT2D eigenvalue weighted by Gasteiger charge is 2.37. The number of nitrogens with zero attached hydrogens (tertiary/aromatic N) is 1. The molecular weight excluding hydrogens is 536 g/mol. The molecule has 0 saturated carbocycles. The van der Waals surface area contributed by atoms with Crippen molar-refractivity contribution in [2.45, 2.75) is 13.3 Å². The molecule has 0 radical (unpaired) electrons. The molecule has 1 aliphatic heterocycles. The molecule has 1 N–H and O–H groups in total. The van der Waals surface area contributed by atoms with E-state index in [0.717, 1.165) is 4.90 Å². The Bertz CT molecular complexity index is 1110. The molecule has 0 aromatic heterocycles. The van der Waals surface area contributed by atoms with E-state index in [0.29, 0.717) is 20.3 Å². The quantitative estimate of drug-likeness (QED) is 0.258. The van der Waals surface area contributed by atoms with Crippen LogP contribution in [0.4, 0.5) is 10.5 Å². The number of rotatable bonds is 5. The van der Waals surface area contributed by atoms with Crippen LogP contribution in [0.25, 0.3) is 6.08 Å². The zero-order chi connectivity index (χ0) is 22.7. The number of carbonyl (C=O) groups is 4. The Hall–Kier alpha value is -2.98. The number of ether oxygens (including phenoxy) is 2. The van der Waals surface area contributed by atoms with Crippen molar-refractivity contribution in [1.82, 2.24) is 5.32 Å². The molecule has 1 aliphatic rings. The number of benzene rings is 2. The molecule has 3 rings (SSSR count). The fraction of sp³-hybridized carbons (Fsp3) is 0.143. The van der Waals surface area contributed by atoms with Gasteiger partial charge < -0.3 is 9.47 Å². The van der Waals surface area contributed by atoms with Crippen LogP contribution >= 0.6 is 31.9 Å². The molecule has 1 saturated heterocycles. The second-order valence-electron chi connectivity index (χ2n) is 6.29. The third-order valence-electron chi connectivity index (χ3n) is 4.27. The van der Waals surface area contributed by atoms with Crippen LogP contribution in [0.1, 0.15) is 18.9 Å². The van der Waals surface area contributed by atoms with Gasteiger partial charge in [0.15, 0.2) is 5.75 Å². The second kappa shape index (κ2) is 9.44. The number of nitrogens with one attached hydrogen (secondary N) is 1. The summed E-state index contributed by atoms with van der Waals surface area (Å²) >= 11 is 6.66. The fourth-order valence-corrected chi connectivity index (χ4v) is 4.10. The number of urea groups is 1. The minimum atomic E-state index is -0.870. The molecule has 8 nitrogen and oxygen atoms in total. The summed E-state index contributed by atoms with van der Waals surface area (Å²) in [7, 11) is 1.49. The van der Waals surface area contributed by atoms with Gasteiger partial charge in [-0.15, -0.1) is 0 Å². The highest BCUT2D eigenvalue weighted by Crippen LogP contribution is 2.35. The lowest BCUT2D eigenvalue weighted by Gasteiger charge is -2.26. The first-order valence-corrected chi connectivity index (χ1v) is 10.6. The van der Waals surface area contributed by atoms with E-state index >= 15 is 0 Å². The Labute approximate surface area is 194 Å². The highest BCUT2D eigenvalue weighted by molar-refractivity contribution is 9.11. The number of esters is 1. The molecule has 0 spiro atoms. The van der Waals surface area contributed by atoms with Crippen molar-refractivity contribution < 1.29 is 28.7 Å². The van der Waals surface area contributed by atoms with Gasteiger partial charge in [-0.2, -0.15) is 0 Å². The Kier molecular flexibility index (Phi) is 6.91. The van der Waals surface area contributed by atoms with Crippen molar-refractivity contribution in [2.24, 2.45) is 0 Å². The average molecular weight is 552 g/mol. The lowest BCUT2D eigenvalue weighted by atomic mass is 10.1. The van der Waals surface area contributed by atoms with Crippen LogP contribution < -0.4 is 19.7 Å². The number of methoxy groups -OCH3 is 1. The van der Waals surface area contributed by atoms with E-state index in [4.69, 9.17) is 9.47 Å². The Morgan fingerprint density at radius 3 is 2.42 bits per heavy atom. The van der Waals surface area contributed by atoms with Crippen LogP contribution in [0.15, 0.2) is 50.9 Å². The van der Waals surface area contributed by atoms with Gasteiger partial charge in [0.25, 0.3) is 11.8 Å². The minimum absolute atomic E-state index is 0.137. The summed E-state index contributed by atoms with van der Waals surface area (Å²) in [5.74, 6) is -1.47. The molecule has 10 heteroatoms. The first kappa shape index (κ1) is 22.7. The average Bonchev–Trinajstić information content (AvgIpc) is 2.73. The molecular formula is C21H16Br2N2O6. The number of carbonyl (C=O) groups excluding carboxylic acids is 4. The Morgan fingerprint density at radius 1 is 1.13 bits per heavy atom. The monoisotopic (exact) mass is 550 g/mol. The molecule has 4 amide bonds. The van der Waals surface area contributed by atoms with Crippen molar-refractivity contribution in [1.29, 1.82) is 0 Å². The maximum Gasteiger partial charge on any atom is 0.335 e. The Morgan fingerprint density at radius 2 is 1.81 bits per heavy atom. The van der Waals surface area contributed by atoms with Gasteiger partial charge in [-0.25, -0.2) is 9.69 Å². The standard InChI is InChI=1S/C21H16Br2N2O6/c1-3-17(26)31-18-11(8-12(22)10-16(18)23)9-15-19(27)24-21(29)25(20(15)28)13-4-6-14(30-2)7-5-13/h4-10H,3H2,1-2H3,(H,24,27,29)/b15-9-. The molecule has 0 aliphatic carbocycles. The zero-order valence-corrected chi connectivity index (χ0v) is 19.6. The van der Waals surface area contributed by atoms with Crippen LogP contribution in [0.3, 0.4) is 0 Å². The first-order valence-electron chi connectivity index (χ1n) is 9.00. The summed E-state index contributed by atoms with van der Waals surface area (Å²) in [6.45, 7) is 1.64. The summed E-state index contributed by atoms with van der Waals surface area (Å²) in [5.41, 5.74) is 0.259. The minimum Gasteiger partial charge on any atom is -0.497 e. The molecule has 1 fully saturated rings. The lowest BCUT2D eigenvalue weighted by Crippen LogP contribution is -2.54. The molecule has 1 heterocycles. The number of barbiturate groups is 1. The number of hydrogen-bond donors (Lipinski definition) is 1. The van der Waals surface area contributed by atoms with Crippen LogP contribution in [0.2, 0.25) is 0 Å². The summed E-state index contributed by atoms with van der Waals surface area (Å²) in [6, 6.07) is 8.60. The van der Waals surface area contributed by atoms with Crippen molar-refractivity contribution in [2.75, 3.05) is 12.0 Å². The third-order valence-corrected chi connectivity index (χ3v) is 5.32. The van der Waals surface area contributed by atoms with Gasteiger partial charge in [0.2, 0.25) is 0 Å². The number of anilines is 1. The van der Waals surface area contributed by atoms with Crippen LogP contribution in [-0.2, 0) is 14.4 Å². The predicted octanol–water partition coefficient (Wildman–Crippen LogP) is 4.20. The predicted molar refractivity (Wildman–Crippen MR) is 120 cm³/mol. The maximum absolute atomic E-state index is 13.1. The molecule has 31 heavy (non-hydrogen) atoms. The second-order valence-corrected chi connectivity index (χ2v) is 8.06. The van der Waals surface area contributed by atoms with Gasteiger partial charge >= 0.3 is 12.0 Å². The van der Waals surface area contributed by atoms with E-state index in [1.54, 1.807) is 31.2 Å². The molecule has 2 aromatic rings. The fourth-order valence-electron chi connectivity index (χ4n) is 2.76. The van der Waals surface area contributed by atoms with Crippen molar-refractivity contribution in [3.8, 4) is 11.5 Å². The van der Waals surface area contributed by atoms with E-state index in [-0.39, 0.29) is 23.4 Å². The smallest absolute Gasteiger partial charge is 0.335 e. The maximum atomic E-state index is 13.1. The summed E-state index contributed by atoms with van der Waals surface area (Å²) in [4.78, 5) is 50.6. The topological polar surface area (TPSA) is 102 Å². The van der Waals surface area contributed by atoms with Crippen molar-refractivity contribution >= 4 is 67.4 Å².